The molecule has 0 radical (unpaired) electrons. The van der Waals surface area contributed by atoms with Crippen molar-refractivity contribution in [3.05, 3.63) is 54.3 Å². The van der Waals surface area contributed by atoms with Gasteiger partial charge in [0.2, 0.25) is 9.84 Å². The van der Waals surface area contributed by atoms with Crippen LogP contribution in [0.1, 0.15) is 0 Å². The Bertz CT molecular complexity index is 639. The van der Waals surface area contributed by atoms with Crippen LogP contribution in [0.15, 0.2) is 58.3 Å². The lowest BCUT2D eigenvalue weighted by Crippen LogP contribution is -2.05. The van der Waals surface area contributed by atoms with Crippen LogP contribution in [0.3, 0.4) is 0 Å². The molecule has 0 heterocycles. The molecule has 0 aliphatic carbocycles. The van der Waals surface area contributed by atoms with Gasteiger partial charge in [0.05, 0.1) is 4.90 Å². The number of nitrogens with two attached hydrogens (primary N) is 1. The summed E-state index contributed by atoms with van der Waals surface area (Å²) in [5.41, 5.74) is 5.56. The average Bonchev–Trinajstić information content (AvgIpc) is 2.29. The topological polar surface area (TPSA) is 60.2 Å². The molecule has 17 heavy (non-hydrogen) atoms. The van der Waals surface area contributed by atoms with Gasteiger partial charge in [-0.05, 0) is 30.3 Å². The smallest absolute Gasteiger partial charge is 0.209 e. The number of halogens is 1. The fourth-order valence-corrected chi connectivity index (χ4v) is 2.79. The fraction of sp³-hybridized carbons (Fsp3) is 0. The molecular formula is C12H10FNO2S. The van der Waals surface area contributed by atoms with Gasteiger partial charge in [-0.2, -0.15) is 0 Å². The van der Waals surface area contributed by atoms with E-state index < -0.39 is 15.7 Å². The van der Waals surface area contributed by atoms with Crippen LogP contribution in [0, 0.1) is 5.82 Å². The molecule has 0 bridgehead atoms. The van der Waals surface area contributed by atoms with Crippen LogP contribution >= 0.6 is 0 Å². The Morgan fingerprint density at radius 2 is 1.65 bits per heavy atom. The number of hydrogen-bond donors (Lipinski definition) is 1. The summed E-state index contributed by atoms with van der Waals surface area (Å²) in [6, 6.07) is 11.2. The molecule has 2 N–H and O–H groups in total. The molecule has 0 aliphatic rings. The van der Waals surface area contributed by atoms with Gasteiger partial charge in [0, 0.05) is 5.69 Å². The second kappa shape index (κ2) is 4.18. The Labute approximate surface area is 98.6 Å². The standard InChI is InChI=1S/C12H10FNO2S/c13-11-8-9(14)6-7-12(11)17(15,16)10-4-2-1-3-5-10/h1-8H,14H2. The van der Waals surface area contributed by atoms with E-state index in [0.717, 1.165) is 6.07 Å². The summed E-state index contributed by atoms with van der Waals surface area (Å²) in [5, 5.41) is 0. The van der Waals surface area contributed by atoms with E-state index in [-0.39, 0.29) is 15.5 Å². The molecule has 0 aromatic heterocycles. The predicted molar refractivity (Wildman–Crippen MR) is 62.7 cm³/mol. The lowest BCUT2D eigenvalue weighted by molar-refractivity contribution is 0.567. The third-order valence-corrected chi connectivity index (χ3v) is 4.10. The zero-order valence-corrected chi connectivity index (χ0v) is 9.62. The number of hydrogen-bond acceptors (Lipinski definition) is 3. The second-order valence-corrected chi connectivity index (χ2v) is 5.42. The largest absolute Gasteiger partial charge is 0.399 e. The van der Waals surface area contributed by atoms with Crippen molar-refractivity contribution in [2.45, 2.75) is 9.79 Å². The van der Waals surface area contributed by atoms with E-state index in [2.05, 4.69) is 0 Å². The molecule has 0 amide bonds. The minimum atomic E-state index is -3.82. The zero-order valence-electron chi connectivity index (χ0n) is 8.80. The molecule has 0 fully saturated rings. The van der Waals surface area contributed by atoms with E-state index in [4.69, 9.17) is 5.73 Å². The molecule has 0 atom stereocenters. The minimum Gasteiger partial charge on any atom is -0.399 e. The summed E-state index contributed by atoms with van der Waals surface area (Å²) >= 11 is 0. The van der Waals surface area contributed by atoms with Gasteiger partial charge in [-0.25, -0.2) is 12.8 Å². The Morgan fingerprint density at radius 3 is 2.24 bits per heavy atom. The molecule has 0 saturated carbocycles. The maximum Gasteiger partial charge on any atom is 0.209 e. The van der Waals surface area contributed by atoms with Gasteiger partial charge in [0.1, 0.15) is 10.7 Å². The van der Waals surface area contributed by atoms with E-state index in [9.17, 15) is 12.8 Å². The molecule has 0 aliphatic heterocycles. The van der Waals surface area contributed by atoms with Crippen molar-refractivity contribution in [1.82, 2.24) is 0 Å². The fourth-order valence-electron chi connectivity index (χ4n) is 1.46. The average molecular weight is 251 g/mol. The quantitative estimate of drug-likeness (QED) is 0.833. The van der Waals surface area contributed by atoms with Crippen molar-refractivity contribution < 1.29 is 12.8 Å². The Kier molecular flexibility index (Phi) is 2.85. The molecule has 0 saturated heterocycles. The van der Waals surface area contributed by atoms with Gasteiger partial charge in [0.15, 0.2) is 0 Å². The molecule has 2 rings (SSSR count). The first-order valence-electron chi connectivity index (χ1n) is 4.87. The lowest BCUT2D eigenvalue weighted by Gasteiger charge is -2.06. The van der Waals surface area contributed by atoms with E-state index >= 15 is 0 Å². The van der Waals surface area contributed by atoms with Gasteiger partial charge in [-0.3, -0.25) is 0 Å². The summed E-state index contributed by atoms with van der Waals surface area (Å²) in [7, 11) is -3.82. The van der Waals surface area contributed by atoms with Crippen LogP contribution < -0.4 is 5.73 Å². The van der Waals surface area contributed by atoms with Crippen molar-refractivity contribution in [3.8, 4) is 0 Å². The predicted octanol–water partition coefficient (Wildman–Crippen LogP) is 2.24. The highest BCUT2D eigenvalue weighted by atomic mass is 32.2. The van der Waals surface area contributed by atoms with Crippen LogP contribution in [0.25, 0.3) is 0 Å². The zero-order chi connectivity index (χ0) is 12.5. The first kappa shape index (κ1) is 11.6. The normalized spacial score (nSPS) is 11.4. The number of anilines is 1. The van der Waals surface area contributed by atoms with Gasteiger partial charge in [0.25, 0.3) is 0 Å². The molecule has 2 aromatic carbocycles. The van der Waals surface area contributed by atoms with E-state index in [1.807, 2.05) is 0 Å². The van der Waals surface area contributed by atoms with Crippen molar-refractivity contribution in [1.29, 1.82) is 0 Å². The first-order chi connectivity index (χ1) is 8.01. The Morgan fingerprint density at radius 1 is 1.00 bits per heavy atom. The number of rotatable bonds is 2. The van der Waals surface area contributed by atoms with Gasteiger partial charge < -0.3 is 5.73 Å². The highest BCUT2D eigenvalue weighted by molar-refractivity contribution is 7.91. The van der Waals surface area contributed by atoms with Crippen LogP contribution in [-0.2, 0) is 9.84 Å². The lowest BCUT2D eigenvalue weighted by atomic mass is 10.3. The molecule has 88 valence electrons. The first-order valence-corrected chi connectivity index (χ1v) is 6.35. The molecule has 3 nitrogen and oxygen atoms in total. The molecule has 2 aromatic rings. The SMILES string of the molecule is Nc1ccc(S(=O)(=O)c2ccccc2)c(F)c1. The van der Waals surface area contributed by atoms with Crippen LogP contribution in [0.5, 0.6) is 0 Å². The number of sulfone groups is 1. The van der Waals surface area contributed by atoms with Crippen molar-refractivity contribution >= 4 is 15.5 Å². The summed E-state index contributed by atoms with van der Waals surface area (Å²) in [6.07, 6.45) is 0. The number of nitrogen functional groups attached to an aromatic ring is 1. The van der Waals surface area contributed by atoms with Crippen LogP contribution in [0.2, 0.25) is 0 Å². The maximum atomic E-state index is 13.6. The Balaban J connectivity index is 2.61. The monoisotopic (exact) mass is 251 g/mol. The Hall–Kier alpha value is -1.88. The third-order valence-electron chi connectivity index (χ3n) is 2.30. The van der Waals surface area contributed by atoms with Gasteiger partial charge in [-0.1, -0.05) is 18.2 Å². The van der Waals surface area contributed by atoms with Crippen LogP contribution in [0.4, 0.5) is 10.1 Å². The molecule has 5 heteroatoms. The third kappa shape index (κ3) is 2.14. The van der Waals surface area contributed by atoms with Crippen LogP contribution in [-0.4, -0.2) is 8.42 Å². The van der Waals surface area contributed by atoms with Gasteiger partial charge in [-0.15, -0.1) is 0 Å². The summed E-state index contributed by atoms with van der Waals surface area (Å²) in [6.45, 7) is 0. The minimum absolute atomic E-state index is 0.0590. The van der Waals surface area contributed by atoms with E-state index in [0.29, 0.717) is 0 Å². The summed E-state index contributed by atoms with van der Waals surface area (Å²) < 4.78 is 37.7. The second-order valence-electron chi connectivity index (χ2n) is 3.51. The maximum absolute atomic E-state index is 13.6. The van der Waals surface area contributed by atoms with Crippen molar-refractivity contribution in [2.75, 3.05) is 5.73 Å². The highest BCUT2D eigenvalue weighted by Crippen LogP contribution is 2.24. The van der Waals surface area contributed by atoms with Gasteiger partial charge >= 0.3 is 0 Å². The molecule has 0 spiro atoms. The highest BCUT2D eigenvalue weighted by Gasteiger charge is 2.21. The van der Waals surface area contributed by atoms with E-state index in [1.165, 1.54) is 24.3 Å². The number of benzene rings is 2. The van der Waals surface area contributed by atoms with Crippen molar-refractivity contribution in [3.63, 3.8) is 0 Å². The summed E-state index contributed by atoms with van der Waals surface area (Å²) in [5.74, 6) is -0.839. The van der Waals surface area contributed by atoms with E-state index in [1.54, 1.807) is 18.2 Å². The summed E-state index contributed by atoms with van der Waals surface area (Å²) in [4.78, 5) is -0.304. The van der Waals surface area contributed by atoms with Crippen molar-refractivity contribution in [2.24, 2.45) is 0 Å². The molecule has 0 unspecified atom stereocenters. The molecular weight excluding hydrogens is 241 g/mol.